The third kappa shape index (κ3) is 73.7. The Bertz CT molecular complexity index is 2000. The smallest absolute Gasteiger partial charge is 0.268 e. The zero-order chi connectivity index (χ0) is 66.2. The summed E-state index contributed by atoms with van der Waals surface area (Å²) in [5.41, 5.74) is 0. The Morgan fingerprint density at radius 3 is 0.978 bits per heavy atom. The van der Waals surface area contributed by atoms with E-state index in [4.69, 9.17) is 9.05 Å². The number of nitrogens with one attached hydrogen (secondary N) is 1. The summed E-state index contributed by atoms with van der Waals surface area (Å²) in [7, 11) is 1.24. The molecule has 0 saturated heterocycles. The van der Waals surface area contributed by atoms with E-state index >= 15 is 0 Å². The summed E-state index contributed by atoms with van der Waals surface area (Å²) < 4.78 is 23.5. The minimum atomic E-state index is -4.62. The largest absolute Gasteiger partial charge is 0.756 e. The first kappa shape index (κ1) is 87.4. The normalized spacial score (nSPS) is 14.4. The van der Waals surface area contributed by atoms with Crippen molar-refractivity contribution >= 4 is 13.7 Å². The number of carbonyl (C=O) groups excluding carboxylic acids is 1. The lowest BCUT2D eigenvalue weighted by Crippen LogP contribution is -2.45. The van der Waals surface area contributed by atoms with E-state index in [-0.39, 0.29) is 12.5 Å². The van der Waals surface area contributed by atoms with Gasteiger partial charge in [0.2, 0.25) is 5.91 Å². The molecule has 8 nitrogen and oxygen atoms in total. The van der Waals surface area contributed by atoms with Gasteiger partial charge in [0.25, 0.3) is 7.82 Å². The standard InChI is InChI=1S/C82H143N2O6P/c1-6-8-10-12-14-16-18-20-22-24-26-28-30-32-34-36-37-38-39-40-41-42-43-44-45-46-47-48-50-52-54-56-58-60-62-64-66-68-70-72-74-76-82(86)83-80(79-90-91(87,88)89-78-77-84(3,4)5)81(85)75-73-71-69-67-65-63-61-59-57-55-53-51-49-35-33-31-29-27-25-23-21-19-17-15-13-11-9-7-2/h8,10,14,16,20,22,26,28,32,34,37-38,40-41,43-44,46-47,50,52,56,58,73,75,80-81,85H,6-7,9,11-13,15,17-19,21,23-25,27,29-31,33,35-36,39,42,45,48-49,51,53-55,57,59-72,74,76-79H2,1-5H3,(H-,83,86,87,88)/b10-8-,16-14-,22-20-,28-26-,34-32-,38-37-,41-40-,44-43-,47-46-,52-50-,58-56-,75-73+. The predicted octanol–water partition coefficient (Wildman–Crippen LogP) is 24.1. The average Bonchev–Trinajstić information content (AvgIpc) is 3.59. The summed E-state index contributed by atoms with van der Waals surface area (Å²) >= 11 is 0. The number of nitrogens with zero attached hydrogens (tertiary/aromatic N) is 1. The first-order valence-electron chi connectivity index (χ1n) is 37.7. The van der Waals surface area contributed by atoms with E-state index in [1.807, 2.05) is 27.2 Å². The van der Waals surface area contributed by atoms with Crippen molar-refractivity contribution in [1.82, 2.24) is 5.32 Å². The van der Waals surface area contributed by atoms with Gasteiger partial charge in [0.05, 0.1) is 39.9 Å². The van der Waals surface area contributed by atoms with Crippen LogP contribution in [0.3, 0.4) is 0 Å². The number of aliphatic hydroxyl groups excluding tert-OH is 1. The van der Waals surface area contributed by atoms with Gasteiger partial charge in [0.15, 0.2) is 0 Å². The fourth-order valence-corrected chi connectivity index (χ4v) is 11.2. The molecule has 0 aliphatic carbocycles. The third-order valence-corrected chi connectivity index (χ3v) is 17.3. The maximum atomic E-state index is 13.1. The first-order chi connectivity index (χ1) is 44.5. The monoisotopic (exact) mass is 1280 g/mol. The number of allylic oxidation sites excluding steroid dienone is 23. The molecule has 522 valence electrons. The Morgan fingerprint density at radius 2 is 0.670 bits per heavy atom. The number of rotatable bonds is 68. The molecule has 1 amide bonds. The van der Waals surface area contributed by atoms with Crippen LogP contribution in [0.1, 0.15) is 316 Å². The summed E-state index contributed by atoms with van der Waals surface area (Å²) in [5.74, 6) is -0.211. The summed E-state index contributed by atoms with van der Waals surface area (Å²) in [5, 5.41) is 14.0. The van der Waals surface area contributed by atoms with Gasteiger partial charge in [-0.25, -0.2) is 0 Å². The molecule has 2 N–H and O–H groups in total. The van der Waals surface area contributed by atoms with Crippen LogP contribution in [0.25, 0.3) is 0 Å². The number of aliphatic hydroxyl groups is 1. The number of unbranched alkanes of at least 4 members (excludes halogenated alkanes) is 33. The molecule has 3 atom stereocenters. The fraction of sp³-hybridized carbons (Fsp3) is 0.695. The van der Waals surface area contributed by atoms with Crippen LogP contribution in [0.15, 0.2) is 146 Å². The summed E-state index contributed by atoms with van der Waals surface area (Å²) in [4.78, 5) is 25.7. The van der Waals surface area contributed by atoms with Crippen molar-refractivity contribution < 1.29 is 32.9 Å². The second kappa shape index (κ2) is 70.7. The van der Waals surface area contributed by atoms with Crippen LogP contribution in [0.2, 0.25) is 0 Å². The van der Waals surface area contributed by atoms with Gasteiger partial charge in [-0.15, -0.1) is 0 Å². The third-order valence-electron chi connectivity index (χ3n) is 16.3. The molecule has 0 aromatic rings. The topological polar surface area (TPSA) is 108 Å². The predicted molar refractivity (Wildman–Crippen MR) is 398 cm³/mol. The summed E-state index contributed by atoms with van der Waals surface area (Å²) in [6, 6.07) is -0.905. The van der Waals surface area contributed by atoms with E-state index in [9.17, 15) is 19.4 Å². The molecule has 0 heterocycles. The highest BCUT2D eigenvalue weighted by Crippen LogP contribution is 2.38. The number of phosphoric acid groups is 1. The van der Waals surface area contributed by atoms with Gasteiger partial charge in [-0.2, -0.15) is 0 Å². The van der Waals surface area contributed by atoms with Gasteiger partial charge in [0.1, 0.15) is 13.2 Å². The van der Waals surface area contributed by atoms with Gasteiger partial charge < -0.3 is 28.8 Å². The van der Waals surface area contributed by atoms with E-state index < -0.39 is 26.6 Å². The van der Waals surface area contributed by atoms with Gasteiger partial charge in [-0.3, -0.25) is 9.36 Å². The minimum Gasteiger partial charge on any atom is -0.756 e. The minimum absolute atomic E-state index is 0.00974. The number of hydrogen-bond acceptors (Lipinski definition) is 6. The van der Waals surface area contributed by atoms with Crippen molar-refractivity contribution in [2.75, 3.05) is 40.9 Å². The zero-order valence-corrected chi connectivity index (χ0v) is 60.6. The van der Waals surface area contributed by atoms with Crippen molar-refractivity contribution in [2.45, 2.75) is 328 Å². The lowest BCUT2D eigenvalue weighted by molar-refractivity contribution is -0.870. The molecule has 0 rings (SSSR count). The van der Waals surface area contributed by atoms with E-state index in [0.717, 1.165) is 122 Å². The van der Waals surface area contributed by atoms with Crippen molar-refractivity contribution in [3.8, 4) is 0 Å². The van der Waals surface area contributed by atoms with Crippen LogP contribution in [-0.4, -0.2) is 68.5 Å². The lowest BCUT2D eigenvalue weighted by Gasteiger charge is -2.29. The molecular formula is C82H143N2O6P. The van der Waals surface area contributed by atoms with Crippen molar-refractivity contribution in [2.24, 2.45) is 0 Å². The molecule has 0 aromatic carbocycles. The van der Waals surface area contributed by atoms with Gasteiger partial charge in [-0.05, 0) is 103 Å². The summed E-state index contributed by atoms with van der Waals surface area (Å²) in [6.45, 7) is 4.55. The number of hydrogen-bond donors (Lipinski definition) is 2. The Hall–Kier alpha value is -3.62. The van der Waals surface area contributed by atoms with E-state index in [2.05, 4.69) is 153 Å². The molecule has 0 radical (unpaired) electrons. The maximum Gasteiger partial charge on any atom is 0.268 e. The number of carbonyl (C=O) groups is 1. The molecule has 0 saturated carbocycles. The molecule has 0 bridgehead atoms. The number of amides is 1. The van der Waals surface area contributed by atoms with Gasteiger partial charge in [-0.1, -0.05) is 352 Å². The zero-order valence-electron chi connectivity index (χ0n) is 59.7. The lowest BCUT2D eigenvalue weighted by atomic mass is 10.0. The van der Waals surface area contributed by atoms with Crippen molar-refractivity contribution in [3.05, 3.63) is 146 Å². The Labute approximate surface area is 563 Å². The molecule has 0 fully saturated rings. The van der Waals surface area contributed by atoms with Crippen LogP contribution in [-0.2, 0) is 18.4 Å². The van der Waals surface area contributed by atoms with E-state index in [1.165, 1.54) is 173 Å². The van der Waals surface area contributed by atoms with Crippen LogP contribution in [0, 0.1) is 0 Å². The van der Waals surface area contributed by atoms with Crippen molar-refractivity contribution in [1.29, 1.82) is 0 Å². The fourth-order valence-electron chi connectivity index (χ4n) is 10.5. The van der Waals surface area contributed by atoms with Gasteiger partial charge in [0, 0.05) is 6.42 Å². The quantitative estimate of drug-likeness (QED) is 0.0272. The molecule has 0 aliphatic rings. The highest BCUT2D eigenvalue weighted by Gasteiger charge is 2.23. The molecular weight excluding hydrogens is 1140 g/mol. The second-order valence-corrected chi connectivity index (χ2v) is 27.7. The highest BCUT2D eigenvalue weighted by molar-refractivity contribution is 7.45. The van der Waals surface area contributed by atoms with E-state index in [0.29, 0.717) is 17.4 Å². The van der Waals surface area contributed by atoms with Crippen LogP contribution in [0.5, 0.6) is 0 Å². The van der Waals surface area contributed by atoms with Crippen molar-refractivity contribution in [3.63, 3.8) is 0 Å². The van der Waals surface area contributed by atoms with E-state index in [1.54, 1.807) is 6.08 Å². The SMILES string of the molecule is CC/C=C\C/C=C\C/C=C\C/C=C\C/C=C\C/C=C\C/C=C\C/C=C\C/C=C\C/C=C\C/C=C\CCCCCCCCCC(=O)NC(COP(=O)([O-])OCC[N+](C)(C)C)C(O)/C=C/CCCCCCCCCCCCCCCCCCCCCCCCCCCC. The molecule has 3 unspecified atom stereocenters. The second-order valence-electron chi connectivity index (χ2n) is 26.3. The number of phosphoric ester groups is 1. The Kier molecular flexibility index (Phi) is 67.9. The average molecular weight is 1280 g/mol. The Balaban J connectivity index is 4.13. The highest BCUT2D eigenvalue weighted by atomic mass is 31.2. The molecule has 91 heavy (non-hydrogen) atoms. The Morgan fingerprint density at radius 1 is 0.396 bits per heavy atom. The van der Waals surface area contributed by atoms with Crippen LogP contribution in [0.4, 0.5) is 0 Å². The molecule has 0 aliphatic heterocycles. The molecule has 0 aromatic heterocycles. The molecule has 0 spiro atoms. The van der Waals surface area contributed by atoms with Crippen LogP contribution >= 0.6 is 7.82 Å². The summed E-state index contributed by atoms with van der Waals surface area (Å²) in [6.07, 6.45) is 108. The molecule has 9 heteroatoms. The number of quaternary nitrogens is 1. The van der Waals surface area contributed by atoms with Gasteiger partial charge >= 0.3 is 0 Å². The van der Waals surface area contributed by atoms with Crippen LogP contribution < -0.4 is 10.2 Å². The maximum absolute atomic E-state index is 13.1. The number of likely N-dealkylation sites (N-methyl/N-ethyl adjacent to an activating group) is 1. The first-order valence-corrected chi connectivity index (χ1v) is 39.2.